The monoisotopic (exact) mass is 205 g/mol. The van der Waals surface area contributed by atoms with Crippen molar-refractivity contribution in [2.24, 2.45) is 0 Å². The maximum absolute atomic E-state index is 11.4. The van der Waals surface area contributed by atoms with Crippen molar-refractivity contribution >= 4 is 6.03 Å². The van der Waals surface area contributed by atoms with Crippen molar-refractivity contribution < 1.29 is 4.79 Å². The second-order valence-electron chi connectivity index (χ2n) is 2.98. The van der Waals surface area contributed by atoms with Gasteiger partial charge in [-0.25, -0.2) is 14.8 Å². The summed E-state index contributed by atoms with van der Waals surface area (Å²) in [6.07, 6.45) is 7.13. The first-order valence-electron chi connectivity index (χ1n) is 4.54. The molecular weight excluding hydrogens is 194 g/mol. The van der Waals surface area contributed by atoms with E-state index in [1.165, 1.54) is 4.57 Å². The SMILES string of the molecule is CNC(=O)n1ccnc1Cc1ncc[nH]1. The summed E-state index contributed by atoms with van der Waals surface area (Å²) in [4.78, 5) is 22.5. The molecule has 2 aromatic rings. The number of aromatic nitrogens is 4. The first-order valence-corrected chi connectivity index (χ1v) is 4.54. The van der Waals surface area contributed by atoms with Gasteiger partial charge in [0.15, 0.2) is 0 Å². The van der Waals surface area contributed by atoms with E-state index in [2.05, 4.69) is 20.3 Å². The standard InChI is InChI=1S/C9H11N5O/c1-10-9(15)14-5-4-13-8(14)6-7-11-2-3-12-7/h2-5H,6H2,1H3,(H,10,15)(H,11,12). The van der Waals surface area contributed by atoms with Crippen LogP contribution >= 0.6 is 0 Å². The first kappa shape index (κ1) is 9.45. The molecule has 0 aliphatic heterocycles. The van der Waals surface area contributed by atoms with Crippen LogP contribution < -0.4 is 5.32 Å². The number of rotatable bonds is 2. The fraction of sp³-hybridized carbons (Fsp3) is 0.222. The fourth-order valence-electron chi connectivity index (χ4n) is 1.31. The Labute approximate surface area is 86.4 Å². The van der Waals surface area contributed by atoms with E-state index in [0.29, 0.717) is 12.2 Å². The van der Waals surface area contributed by atoms with Crippen molar-refractivity contribution in [3.63, 3.8) is 0 Å². The average molecular weight is 205 g/mol. The van der Waals surface area contributed by atoms with Gasteiger partial charge in [0.2, 0.25) is 0 Å². The minimum Gasteiger partial charge on any atom is -0.348 e. The van der Waals surface area contributed by atoms with Gasteiger partial charge in [0.1, 0.15) is 11.6 Å². The lowest BCUT2D eigenvalue weighted by molar-refractivity contribution is 0.243. The summed E-state index contributed by atoms with van der Waals surface area (Å²) in [6.45, 7) is 0. The predicted molar refractivity (Wildman–Crippen MR) is 53.5 cm³/mol. The normalized spacial score (nSPS) is 10.2. The minimum absolute atomic E-state index is 0.200. The van der Waals surface area contributed by atoms with Crippen LogP contribution in [0.2, 0.25) is 0 Å². The number of hydrogen-bond donors (Lipinski definition) is 2. The molecule has 2 N–H and O–H groups in total. The van der Waals surface area contributed by atoms with Crippen molar-refractivity contribution in [1.29, 1.82) is 0 Å². The van der Waals surface area contributed by atoms with Crippen LogP contribution in [-0.4, -0.2) is 32.6 Å². The highest BCUT2D eigenvalue weighted by Gasteiger charge is 2.09. The molecule has 6 nitrogen and oxygen atoms in total. The lowest BCUT2D eigenvalue weighted by Gasteiger charge is -2.03. The maximum atomic E-state index is 11.4. The number of nitrogens with one attached hydrogen (secondary N) is 2. The van der Waals surface area contributed by atoms with Crippen molar-refractivity contribution in [1.82, 2.24) is 24.8 Å². The van der Waals surface area contributed by atoms with Crippen molar-refractivity contribution in [2.75, 3.05) is 7.05 Å². The third-order valence-electron chi connectivity index (χ3n) is 2.03. The van der Waals surface area contributed by atoms with Gasteiger partial charge in [0.05, 0.1) is 6.42 Å². The molecule has 0 saturated carbocycles. The van der Waals surface area contributed by atoms with Crippen LogP contribution in [0.3, 0.4) is 0 Å². The highest BCUT2D eigenvalue weighted by Crippen LogP contribution is 2.03. The van der Waals surface area contributed by atoms with Gasteiger partial charge in [-0.05, 0) is 0 Å². The zero-order valence-corrected chi connectivity index (χ0v) is 8.27. The molecule has 0 saturated heterocycles. The van der Waals surface area contributed by atoms with Crippen LogP contribution in [0.25, 0.3) is 0 Å². The molecule has 1 amide bonds. The summed E-state index contributed by atoms with van der Waals surface area (Å²) < 4.78 is 1.46. The zero-order chi connectivity index (χ0) is 10.7. The van der Waals surface area contributed by atoms with Crippen LogP contribution in [0.4, 0.5) is 4.79 Å². The highest BCUT2D eigenvalue weighted by atomic mass is 16.2. The van der Waals surface area contributed by atoms with E-state index in [4.69, 9.17) is 0 Å². The Balaban J connectivity index is 2.22. The number of hydrogen-bond acceptors (Lipinski definition) is 3. The number of carbonyl (C=O) groups excluding carboxylic acids is 1. The molecule has 78 valence electrons. The molecule has 0 aliphatic rings. The molecule has 2 aromatic heterocycles. The van der Waals surface area contributed by atoms with Crippen LogP contribution in [-0.2, 0) is 6.42 Å². The molecule has 0 bridgehead atoms. The maximum Gasteiger partial charge on any atom is 0.326 e. The van der Waals surface area contributed by atoms with Gasteiger partial charge in [-0.3, -0.25) is 4.57 Å². The molecule has 0 spiro atoms. The number of H-pyrrole nitrogens is 1. The lowest BCUT2D eigenvalue weighted by atomic mass is 10.4. The molecule has 0 atom stereocenters. The lowest BCUT2D eigenvalue weighted by Crippen LogP contribution is -2.25. The van der Waals surface area contributed by atoms with Crippen molar-refractivity contribution in [3.8, 4) is 0 Å². The largest absolute Gasteiger partial charge is 0.348 e. The Kier molecular flexibility index (Phi) is 2.49. The van der Waals surface area contributed by atoms with E-state index in [-0.39, 0.29) is 6.03 Å². The number of imidazole rings is 2. The van der Waals surface area contributed by atoms with Crippen molar-refractivity contribution in [2.45, 2.75) is 6.42 Å². The van der Waals surface area contributed by atoms with Crippen LogP contribution in [0.5, 0.6) is 0 Å². The summed E-state index contributed by atoms with van der Waals surface area (Å²) in [7, 11) is 1.58. The van der Waals surface area contributed by atoms with E-state index in [1.807, 2.05) is 0 Å². The quantitative estimate of drug-likeness (QED) is 0.744. The Bertz CT molecular complexity index is 445. The van der Waals surface area contributed by atoms with Gasteiger partial charge in [-0.2, -0.15) is 0 Å². The van der Waals surface area contributed by atoms with Gasteiger partial charge in [-0.1, -0.05) is 0 Å². The molecule has 2 heterocycles. The average Bonchev–Trinajstić information content (AvgIpc) is 2.88. The Morgan fingerprint density at radius 1 is 1.53 bits per heavy atom. The van der Waals surface area contributed by atoms with E-state index >= 15 is 0 Å². The first-order chi connectivity index (χ1) is 7.31. The molecule has 0 aliphatic carbocycles. The molecule has 0 radical (unpaired) electrons. The second-order valence-corrected chi connectivity index (χ2v) is 2.98. The zero-order valence-electron chi connectivity index (χ0n) is 8.27. The minimum atomic E-state index is -0.200. The van der Waals surface area contributed by atoms with E-state index < -0.39 is 0 Å². The van der Waals surface area contributed by atoms with Gasteiger partial charge in [-0.15, -0.1) is 0 Å². The van der Waals surface area contributed by atoms with Gasteiger partial charge >= 0.3 is 6.03 Å². The van der Waals surface area contributed by atoms with E-state index in [9.17, 15) is 4.79 Å². The van der Waals surface area contributed by atoms with E-state index in [1.54, 1.807) is 31.8 Å². The van der Waals surface area contributed by atoms with E-state index in [0.717, 1.165) is 5.82 Å². The molecule has 0 fully saturated rings. The summed E-state index contributed by atoms with van der Waals surface area (Å²) in [5.74, 6) is 1.44. The molecule has 0 aromatic carbocycles. The number of carbonyl (C=O) groups is 1. The third-order valence-corrected chi connectivity index (χ3v) is 2.03. The molecule has 15 heavy (non-hydrogen) atoms. The number of nitrogens with zero attached hydrogens (tertiary/aromatic N) is 3. The second kappa shape index (κ2) is 3.95. The smallest absolute Gasteiger partial charge is 0.326 e. The number of amides is 1. The Morgan fingerprint density at radius 2 is 2.40 bits per heavy atom. The Morgan fingerprint density at radius 3 is 3.07 bits per heavy atom. The third kappa shape index (κ3) is 1.88. The van der Waals surface area contributed by atoms with Crippen LogP contribution in [0.1, 0.15) is 11.6 Å². The summed E-state index contributed by atoms with van der Waals surface area (Å²) in [6, 6.07) is -0.200. The predicted octanol–water partition coefficient (Wildman–Crippen LogP) is 0.384. The van der Waals surface area contributed by atoms with Crippen molar-refractivity contribution in [3.05, 3.63) is 36.4 Å². The molecule has 2 rings (SSSR count). The summed E-state index contributed by atoms with van der Waals surface area (Å²) >= 11 is 0. The number of aromatic amines is 1. The topological polar surface area (TPSA) is 75.6 Å². The van der Waals surface area contributed by atoms with Crippen LogP contribution in [0.15, 0.2) is 24.8 Å². The van der Waals surface area contributed by atoms with Gasteiger partial charge in [0, 0.05) is 31.8 Å². The van der Waals surface area contributed by atoms with Crippen LogP contribution in [0, 0.1) is 0 Å². The highest BCUT2D eigenvalue weighted by molar-refractivity contribution is 5.76. The molecular formula is C9H11N5O. The Hall–Kier alpha value is -2.11. The summed E-state index contributed by atoms with van der Waals surface area (Å²) in [5.41, 5.74) is 0. The fourth-order valence-corrected chi connectivity index (χ4v) is 1.31. The van der Waals surface area contributed by atoms with Gasteiger partial charge < -0.3 is 10.3 Å². The molecule has 6 heteroatoms. The molecule has 0 unspecified atom stereocenters. The van der Waals surface area contributed by atoms with Gasteiger partial charge in [0.25, 0.3) is 0 Å². The summed E-state index contributed by atoms with van der Waals surface area (Å²) in [5, 5.41) is 2.54.